The Kier molecular flexibility index (Phi) is 7.05. The molecule has 0 unspecified atom stereocenters. The van der Waals surface area contributed by atoms with E-state index in [1.165, 1.54) is 0 Å². The van der Waals surface area contributed by atoms with Gasteiger partial charge in [-0.1, -0.05) is 25.4 Å². The van der Waals surface area contributed by atoms with E-state index in [-0.39, 0.29) is 18.7 Å². The molecule has 1 saturated heterocycles. The number of likely N-dealkylation sites (tertiary alicyclic amines) is 1. The molecule has 33 heavy (non-hydrogen) atoms. The number of aliphatic hydroxyl groups is 2. The van der Waals surface area contributed by atoms with E-state index in [4.69, 9.17) is 11.6 Å². The van der Waals surface area contributed by atoms with Crippen LogP contribution in [0.15, 0.2) is 48.0 Å². The number of halogens is 1. The molecule has 1 fully saturated rings. The number of anilines is 1. The van der Waals surface area contributed by atoms with Gasteiger partial charge in [-0.2, -0.15) is 0 Å². The van der Waals surface area contributed by atoms with Crippen LogP contribution in [0.2, 0.25) is 5.02 Å². The summed E-state index contributed by atoms with van der Waals surface area (Å²) in [6.07, 6.45) is 2.65. The van der Waals surface area contributed by atoms with Crippen molar-refractivity contribution in [1.29, 1.82) is 0 Å². The normalized spacial score (nSPS) is 15.0. The molecule has 3 N–H and O–H groups in total. The number of carbonyl (C=O) groups is 1. The van der Waals surface area contributed by atoms with Crippen LogP contribution in [0.3, 0.4) is 0 Å². The van der Waals surface area contributed by atoms with Crippen molar-refractivity contribution in [3.63, 3.8) is 0 Å². The number of amides is 2. The van der Waals surface area contributed by atoms with E-state index in [0.29, 0.717) is 36.6 Å². The molecule has 0 bridgehead atoms. The lowest BCUT2D eigenvalue weighted by Gasteiger charge is -2.29. The number of nitrogens with one attached hydrogen (secondary N) is 1. The molecule has 4 rings (SSSR count). The van der Waals surface area contributed by atoms with Gasteiger partial charge >= 0.3 is 6.03 Å². The van der Waals surface area contributed by atoms with Crippen LogP contribution >= 0.6 is 22.9 Å². The standard InChI is InChI=1S/C25H28ClN3O3S/c1-25(2,15-30)23-12-16(5-8-27-23)17-11-22(33-14-17)20-4-3-18(13-21(20)26)28-24(32)29-9-6-19(31)7-10-29/h3-5,8,11-14,19,30-31H,6-7,9-10,15H2,1-2H3,(H,28,32). The molecule has 1 aromatic carbocycles. The lowest BCUT2D eigenvalue weighted by molar-refractivity contribution is 0.0972. The van der Waals surface area contributed by atoms with E-state index in [2.05, 4.69) is 21.7 Å². The molecular weight excluding hydrogens is 458 g/mol. The number of thiophene rings is 1. The Bertz CT molecular complexity index is 1140. The zero-order chi connectivity index (χ0) is 23.6. The highest BCUT2D eigenvalue weighted by atomic mass is 35.5. The zero-order valence-corrected chi connectivity index (χ0v) is 20.3. The van der Waals surface area contributed by atoms with Crippen molar-refractivity contribution in [1.82, 2.24) is 9.88 Å². The van der Waals surface area contributed by atoms with E-state index in [1.807, 2.05) is 38.1 Å². The van der Waals surface area contributed by atoms with Crippen LogP contribution in [0.1, 0.15) is 32.4 Å². The fourth-order valence-corrected chi connectivity index (χ4v) is 5.05. The van der Waals surface area contributed by atoms with Crippen molar-refractivity contribution in [2.75, 3.05) is 25.0 Å². The minimum Gasteiger partial charge on any atom is -0.395 e. The summed E-state index contributed by atoms with van der Waals surface area (Å²) in [5.74, 6) is 0. The maximum Gasteiger partial charge on any atom is 0.321 e. The van der Waals surface area contributed by atoms with Gasteiger partial charge in [0, 0.05) is 46.5 Å². The van der Waals surface area contributed by atoms with Crippen LogP contribution in [0.4, 0.5) is 10.5 Å². The van der Waals surface area contributed by atoms with Crippen LogP contribution in [0.25, 0.3) is 21.6 Å². The molecule has 0 saturated carbocycles. The van der Waals surface area contributed by atoms with Crippen LogP contribution in [0.5, 0.6) is 0 Å². The van der Waals surface area contributed by atoms with Crippen molar-refractivity contribution in [2.45, 2.75) is 38.2 Å². The second kappa shape index (κ2) is 9.81. The molecule has 3 heterocycles. The number of aliphatic hydroxyl groups excluding tert-OH is 2. The van der Waals surface area contributed by atoms with Crippen molar-refractivity contribution in [3.8, 4) is 21.6 Å². The Balaban J connectivity index is 1.50. The summed E-state index contributed by atoms with van der Waals surface area (Å²) in [7, 11) is 0. The first kappa shape index (κ1) is 23.7. The average Bonchev–Trinajstić information content (AvgIpc) is 3.29. The van der Waals surface area contributed by atoms with Gasteiger partial charge in [-0.3, -0.25) is 4.98 Å². The minimum absolute atomic E-state index is 0.0244. The number of pyridine rings is 1. The molecular formula is C25H28ClN3O3S. The maximum atomic E-state index is 12.5. The van der Waals surface area contributed by atoms with Gasteiger partial charge in [0.1, 0.15) is 0 Å². The molecule has 1 aliphatic heterocycles. The second-order valence-corrected chi connectivity index (χ2v) is 10.3. The summed E-state index contributed by atoms with van der Waals surface area (Å²) in [4.78, 5) is 19.7. The molecule has 1 aliphatic rings. The third-order valence-electron chi connectivity index (χ3n) is 6.02. The number of urea groups is 1. The number of hydrogen-bond donors (Lipinski definition) is 3. The number of aromatic nitrogens is 1. The Hall–Kier alpha value is -2.45. The smallest absolute Gasteiger partial charge is 0.321 e. The van der Waals surface area contributed by atoms with Crippen LogP contribution in [0, 0.1) is 0 Å². The van der Waals surface area contributed by atoms with E-state index in [1.54, 1.807) is 28.5 Å². The highest BCUT2D eigenvalue weighted by molar-refractivity contribution is 7.14. The number of benzene rings is 1. The first-order chi connectivity index (χ1) is 15.8. The molecule has 2 aromatic heterocycles. The molecule has 174 valence electrons. The number of nitrogens with zero attached hydrogens (tertiary/aromatic N) is 2. The van der Waals surface area contributed by atoms with Crippen LogP contribution in [-0.2, 0) is 5.41 Å². The van der Waals surface area contributed by atoms with Crippen molar-refractivity contribution < 1.29 is 15.0 Å². The lowest BCUT2D eigenvalue weighted by Crippen LogP contribution is -2.42. The highest BCUT2D eigenvalue weighted by Crippen LogP contribution is 2.38. The molecule has 2 amide bonds. The Morgan fingerprint density at radius 1 is 1.21 bits per heavy atom. The van der Waals surface area contributed by atoms with Gasteiger partial charge in [0.15, 0.2) is 0 Å². The largest absolute Gasteiger partial charge is 0.395 e. The average molecular weight is 486 g/mol. The van der Waals surface area contributed by atoms with Gasteiger partial charge in [0.2, 0.25) is 0 Å². The van der Waals surface area contributed by atoms with Gasteiger partial charge in [0.05, 0.1) is 17.7 Å². The third-order valence-corrected chi connectivity index (χ3v) is 7.30. The molecule has 0 atom stereocenters. The predicted octanol–water partition coefficient (Wildman–Crippen LogP) is 5.39. The number of rotatable bonds is 5. The Morgan fingerprint density at radius 2 is 1.97 bits per heavy atom. The summed E-state index contributed by atoms with van der Waals surface area (Å²) >= 11 is 8.18. The summed E-state index contributed by atoms with van der Waals surface area (Å²) in [5, 5.41) is 24.8. The number of piperidine rings is 1. The van der Waals surface area contributed by atoms with E-state index in [0.717, 1.165) is 27.3 Å². The van der Waals surface area contributed by atoms with Gasteiger partial charge < -0.3 is 20.4 Å². The first-order valence-corrected chi connectivity index (χ1v) is 12.2. The first-order valence-electron chi connectivity index (χ1n) is 11.0. The highest BCUT2D eigenvalue weighted by Gasteiger charge is 2.23. The van der Waals surface area contributed by atoms with Crippen LogP contribution in [-0.4, -0.2) is 51.9 Å². The van der Waals surface area contributed by atoms with E-state index >= 15 is 0 Å². The van der Waals surface area contributed by atoms with Gasteiger partial charge in [-0.25, -0.2) is 4.79 Å². The van der Waals surface area contributed by atoms with E-state index in [9.17, 15) is 15.0 Å². The van der Waals surface area contributed by atoms with Gasteiger partial charge in [-0.15, -0.1) is 11.3 Å². The number of carbonyl (C=O) groups excluding carboxylic acids is 1. The maximum absolute atomic E-state index is 12.5. The Morgan fingerprint density at radius 3 is 2.67 bits per heavy atom. The minimum atomic E-state index is -0.410. The fourth-order valence-electron chi connectivity index (χ4n) is 3.75. The van der Waals surface area contributed by atoms with Crippen LogP contribution < -0.4 is 5.32 Å². The quantitative estimate of drug-likeness (QED) is 0.452. The molecule has 0 aliphatic carbocycles. The second-order valence-electron chi connectivity index (χ2n) is 9.01. The third kappa shape index (κ3) is 5.38. The molecule has 3 aromatic rings. The molecule has 8 heteroatoms. The van der Waals surface area contributed by atoms with Crippen molar-refractivity contribution in [2.24, 2.45) is 0 Å². The Labute approximate surface area is 202 Å². The zero-order valence-electron chi connectivity index (χ0n) is 18.7. The predicted molar refractivity (Wildman–Crippen MR) is 134 cm³/mol. The van der Waals surface area contributed by atoms with Crippen molar-refractivity contribution in [3.05, 3.63) is 58.7 Å². The summed E-state index contributed by atoms with van der Waals surface area (Å²) in [6.45, 7) is 5.04. The summed E-state index contributed by atoms with van der Waals surface area (Å²) in [6, 6.07) is 11.4. The molecule has 6 nitrogen and oxygen atoms in total. The molecule has 0 radical (unpaired) electrons. The van der Waals surface area contributed by atoms with E-state index < -0.39 is 5.41 Å². The summed E-state index contributed by atoms with van der Waals surface area (Å²) in [5.41, 5.74) is 4.07. The molecule has 0 spiro atoms. The SMILES string of the molecule is CC(C)(CO)c1cc(-c2csc(-c3ccc(NC(=O)N4CCC(O)CC4)cc3Cl)c2)ccn1. The van der Waals surface area contributed by atoms with Gasteiger partial charge in [-0.05, 0) is 65.7 Å². The summed E-state index contributed by atoms with van der Waals surface area (Å²) < 4.78 is 0. The van der Waals surface area contributed by atoms with Crippen molar-refractivity contribution >= 4 is 34.7 Å². The fraction of sp³-hybridized carbons (Fsp3) is 0.360. The lowest BCUT2D eigenvalue weighted by atomic mass is 9.88. The van der Waals surface area contributed by atoms with Gasteiger partial charge in [0.25, 0.3) is 0 Å². The number of hydrogen-bond acceptors (Lipinski definition) is 5. The topological polar surface area (TPSA) is 85.7 Å². The monoisotopic (exact) mass is 485 g/mol.